The fraction of sp³-hybridized carbons (Fsp3) is 1.00. The van der Waals surface area contributed by atoms with Gasteiger partial charge in [0, 0.05) is 6.61 Å². The topological polar surface area (TPSA) is 110 Å². The first-order chi connectivity index (χ1) is 9.58. The van der Waals surface area contributed by atoms with Gasteiger partial charge in [0.1, 0.15) is 24.4 Å². The molecule has 6 heteroatoms. The van der Waals surface area contributed by atoms with Gasteiger partial charge in [0.25, 0.3) is 0 Å². The van der Waals surface area contributed by atoms with Gasteiger partial charge in [-0.05, 0) is 24.2 Å². The maximum atomic E-state index is 9.66. The van der Waals surface area contributed by atoms with E-state index >= 15 is 0 Å². The van der Waals surface area contributed by atoms with E-state index in [-0.39, 0.29) is 12.0 Å². The Kier molecular flexibility index (Phi) is 9.60. The second kappa shape index (κ2) is 9.71. The van der Waals surface area contributed by atoms with Gasteiger partial charge in [-0.15, -0.1) is 0 Å². The highest BCUT2D eigenvalue weighted by atomic mass is 16.5. The van der Waals surface area contributed by atoms with Crippen molar-refractivity contribution >= 4 is 0 Å². The second-order valence-corrected chi connectivity index (χ2v) is 7.03. The average molecular weight is 308 g/mol. The van der Waals surface area contributed by atoms with Crippen LogP contribution in [-0.2, 0) is 4.74 Å². The van der Waals surface area contributed by atoms with Gasteiger partial charge in [0.2, 0.25) is 0 Å². The standard InChI is InChI=1S/C15H32O6/c1-10(7-15(2,3)4)5-6-21-9-12(18)14(20)13(19)11(17)8-16/h10-14,16-20H,5-9H2,1-4H3/t10?,11-,12+,13-,14-/m1/s1. The fourth-order valence-corrected chi connectivity index (χ4v) is 2.30. The summed E-state index contributed by atoms with van der Waals surface area (Å²) in [5.74, 6) is 0.494. The van der Waals surface area contributed by atoms with Crippen LogP contribution in [0.25, 0.3) is 0 Å². The van der Waals surface area contributed by atoms with Gasteiger partial charge in [0.15, 0.2) is 0 Å². The summed E-state index contributed by atoms with van der Waals surface area (Å²) in [6.45, 7) is 8.32. The van der Waals surface area contributed by atoms with E-state index in [4.69, 9.17) is 9.84 Å². The molecule has 0 aliphatic heterocycles. The lowest BCUT2D eigenvalue weighted by Crippen LogP contribution is -2.47. The Balaban J connectivity index is 3.91. The highest BCUT2D eigenvalue weighted by Crippen LogP contribution is 2.25. The zero-order valence-corrected chi connectivity index (χ0v) is 13.6. The Hall–Kier alpha value is -0.240. The number of aliphatic hydroxyl groups is 5. The molecule has 6 nitrogen and oxygen atoms in total. The van der Waals surface area contributed by atoms with Crippen molar-refractivity contribution in [1.29, 1.82) is 0 Å². The molecule has 0 radical (unpaired) electrons. The molecule has 1 unspecified atom stereocenters. The summed E-state index contributed by atoms with van der Waals surface area (Å²) in [7, 11) is 0. The largest absolute Gasteiger partial charge is 0.394 e. The van der Waals surface area contributed by atoms with Gasteiger partial charge in [-0.3, -0.25) is 0 Å². The Morgan fingerprint density at radius 3 is 1.95 bits per heavy atom. The van der Waals surface area contributed by atoms with E-state index in [0.29, 0.717) is 12.5 Å². The van der Waals surface area contributed by atoms with Crippen molar-refractivity contribution in [3.63, 3.8) is 0 Å². The molecule has 0 rings (SSSR count). The van der Waals surface area contributed by atoms with E-state index < -0.39 is 31.0 Å². The van der Waals surface area contributed by atoms with Crippen LogP contribution in [0.15, 0.2) is 0 Å². The van der Waals surface area contributed by atoms with Gasteiger partial charge in [-0.2, -0.15) is 0 Å². The summed E-state index contributed by atoms with van der Waals surface area (Å²) >= 11 is 0. The summed E-state index contributed by atoms with van der Waals surface area (Å²) in [6, 6.07) is 0. The third kappa shape index (κ3) is 9.39. The molecule has 128 valence electrons. The number of rotatable bonds is 10. The second-order valence-electron chi connectivity index (χ2n) is 7.03. The molecular weight excluding hydrogens is 276 g/mol. The Morgan fingerprint density at radius 1 is 0.952 bits per heavy atom. The van der Waals surface area contributed by atoms with Crippen molar-refractivity contribution in [3.8, 4) is 0 Å². The maximum absolute atomic E-state index is 9.66. The van der Waals surface area contributed by atoms with E-state index in [2.05, 4.69) is 27.7 Å². The minimum absolute atomic E-state index is 0.126. The van der Waals surface area contributed by atoms with Crippen molar-refractivity contribution in [2.45, 2.75) is 65.0 Å². The molecule has 0 saturated heterocycles. The first-order valence-corrected chi connectivity index (χ1v) is 7.49. The highest BCUT2D eigenvalue weighted by Gasteiger charge is 2.30. The Morgan fingerprint density at radius 2 is 1.48 bits per heavy atom. The van der Waals surface area contributed by atoms with Crippen LogP contribution < -0.4 is 0 Å². The molecule has 0 spiro atoms. The predicted octanol–water partition coefficient (Wildman–Crippen LogP) is -0.0987. The summed E-state index contributed by atoms with van der Waals surface area (Å²) < 4.78 is 5.30. The first kappa shape index (κ1) is 20.8. The first-order valence-electron chi connectivity index (χ1n) is 7.49. The lowest BCUT2D eigenvalue weighted by molar-refractivity contribution is -0.129. The number of aliphatic hydroxyl groups excluding tert-OH is 5. The van der Waals surface area contributed by atoms with Crippen molar-refractivity contribution < 1.29 is 30.3 Å². The van der Waals surface area contributed by atoms with Gasteiger partial charge in [-0.1, -0.05) is 27.7 Å². The zero-order valence-electron chi connectivity index (χ0n) is 13.6. The molecule has 0 aromatic heterocycles. The minimum atomic E-state index is -1.60. The predicted molar refractivity (Wildman–Crippen MR) is 79.8 cm³/mol. The zero-order chi connectivity index (χ0) is 16.6. The fourth-order valence-electron chi connectivity index (χ4n) is 2.30. The molecule has 0 aromatic rings. The molecule has 0 aliphatic carbocycles. The minimum Gasteiger partial charge on any atom is -0.394 e. The molecule has 0 amide bonds. The summed E-state index contributed by atoms with van der Waals surface area (Å²) in [6.07, 6.45) is -4.03. The molecule has 5 N–H and O–H groups in total. The van der Waals surface area contributed by atoms with E-state index in [0.717, 1.165) is 12.8 Å². The van der Waals surface area contributed by atoms with Crippen molar-refractivity contribution in [1.82, 2.24) is 0 Å². The monoisotopic (exact) mass is 308 g/mol. The molecule has 5 atom stereocenters. The van der Waals surface area contributed by atoms with Crippen LogP contribution in [-0.4, -0.2) is 69.8 Å². The van der Waals surface area contributed by atoms with Gasteiger partial charge >= 0.3 is 0 Å². The lowest BCUT2D eigenvalue weighted by Gasteiger charge is -2.26. The summed E-state index contributed by atoms with van der Waals surface area (Å²) in [5.41, 5.74) is 0.264. The molecule has 21 heavy (non-hydrogen) atoms. The molecule has 0 saturated carbocycles. The van der Waals surface area contributed by atoms with Crippen molar-refractivity contribution in [2.75, 3.05) is 19.8 Å². The molecule has 0 bridgehead atoms. The van der Waals surface area contributed by atoms with E-state index in [9.17, 15) is 20.4 Å². The van der Waals surface area contributed by atoms with Crippen LogP contribution in [0, 0.1) is 11.3 Å². The van der Waals surface area contributed by atoms with Crippen LogP contribution in [0.5, 0.6) is 0 Å². The molecule has 0 aliphatic rings. The number of hydrogen-bond donors (Lipinski definition) is 5. The molecule has 0 heterocycles. The van der Waals surface area contributed by atoms with Gasteiger partial charge in [-0.25, -0.2) is 0 Å². The Bertz CT molecular complexity index is 265. The average Bonchev–Trinajstić information content (AvgIpc) is 2.38. The summed E-state index contributed by atoms with van der Waals surface area (Å²) in [5, 5.41) is 46.6. The quantitative estimate of drug-likeness (QED) is 0.361. The van der Waals surface area contributed by atoms with E-state index in [1.165, 1.54) is 0 Å². The lowest BCUT2D eigenvalue weighted by atomic mass is 9.84. The maximum Gasteiger partial charge on any atom is 0.111 e. The summed E-state index contributed by atoms with van der Waals surface area (Å²) in [4.78, 5) is 0. The third-order valence-corrected chi connectivity index (χ3v) is 3.33. The normalized spacial score (nSPS) is 19.9. The third-order valence-electron chi connectivity index (χ3n) is 3.33. The van der Waals surface area contributed by atoms with Gasteiger partial charge in [0.05, 0.1) is 13.2 Å². The molecule has 0 aromatic carbocycles. The van der Waals surface area contributed by atoms with Gasteiger partial charge < -0.3 is 30.3 Å². The highest BCUT2D eigenvalue weighted by molar-refractivity contribution is 4.80. The van der Waals surface area contributed by atoms with Crippen LogP contribution in [0.4, 0.5) is 0 Å². The van der Waals surface area contributed by atoms with Crippen LogP contribution >= 0.6 is 0 Å². The number of ether oxygens (including phenoxy) is 1. The smallest absolute Gasteiger partial charge is 0.111 e. The SMILES string of the molecule is CC(CCOC[C@H](O)[C@@H](O)[C@H](O)[C@H](O)CO)CC(C)(C)C. The molecular formula is C15H32O6. The van der Waals surface area contributed by atoms with E-state index in [1.807, 2.05) is 0 Å². The van der Waals surface area contributed by atoms with Crippen LogP contribution in [0.2, 0.25) is 0 Å². The van der Waals surface area contributed by atoms with Crippen molar-refractivity contribution in [2.24, 2.45) is 11.3 Å². The number of hydrogen-bond acceptors (Lipinski definition) is 6. The Labute approximate surface area is 127 Å². The van der Waals surface area contributed by atoms with Crippen LogP contribution in [0.3, 0.4) is 0 Å². The van der Waals surface area contributed by atoms with Crippen molar-refractivity contribution in [3.05, 3.63) is 0 Å². The molecule has 0 fully saturated rings. The van der Waals surface area contributed by atoms with E-state index in [1.54, 1.807) is 0 Å². The van der Waals surface area contributed by atoms with Crippen LogP contribution in [0.1, 0.15) is 40.5 Å².